The minimum atomic E-state index is 0.124. The summed E-state index contributed by atoms with van der Waals surface area (Å²) in [5.74, 6) is 0. The van der Waals surface area contributed by atoms with Crippen LogP contribution in [-0.2, 0) is 0 Å². The second-order valence-electron chi connectivity index (χ2n) is 7.53. The van der Waals surface area contributed by atoms with Crippen LogP contribution >= 0.6 is 0 Å². The summed E-state index contributed by atoms with van der Waals surface area (Å²) >= 11 is 0. The molecule has 0 saturated carbocycles. The van der Waals surface area contributed by atoms with Crippen molar-refractivity contribution in [3.8, 4) is 0 Å². The van der Waals surface area contributed by atoms with E-state index in [0.717, 1.165) is 6.42 Å². The Labute approximate surface area is 168 Å². The van der Waals surface area contributed by atoms with Crippen molar-refractivity contribution >= 4 is 5.57 Å². The summed E-state index contributed by atoms with van der Waals surface area (Å²) in [6.45, 7) is 2.40. The zero-order valence-electron chi connectivity index (χ0n) is 17.6. The second kappa shape index (κ2) is 18.0. The van der Waals surface area contributed by atoms with E-state index < -0.39 is 0 Å². The smallest absolute Gasteiger partial charge is 0.0618 e. The molecule has 1 aromatic carbocycles. The molecule has 0 amide bonds. The summed E-state index contributed by atoms with van der Waals surface area (Å²) in [5.41, 5.74) is 2.49. The highest BCUT2D eigenvalue weighted by molar-refractivity contribution is 5.65. The van der Waals surface area contributed by atoms with Crippen LogP contribution in [-0.4, -0.2) is 11.7 Å². The van der Waals surface area contributed by atoms with Crippen LogP contribution < -0.4 is 0 Å². The molecule has 1 N–H and O–H groups in total. The molecule has 1 heteroatoms. The van der Waals surface area contributed by atoms with E-state index in [4.69, 9.17) is 0 Å². The molecule has 0 aliphatic carbocycles. The van der Waals surface area contributed by atoms with Gasteiger partial charge in [0, 0.05) is 0 Å². The Balaban J connectivity index is 1.96. The number of unbranched alkanes of at least 4 members (excludes halogenated alkanes) is 11. The summed E-state index contributed by atoms with van der Waals surface area (Å²) in [6.07, 6.45) is 25.1. The van der Waals surface area contributed by atoms with Crippen molar-refractivity contribution < 1.29 is 5.11 Å². The first-order chi connectivity index (χ1) is 13.4. The van der Waals surface area contributed by atoms with Gasteiger partial charge in [-0.3, -0.25) is 0 Å². The molecule has 27 heavy (non-hydrogen) atoms. The molecule has 1 rings (SSSR count). The average molecular weight is 370 g/mol. The van der Waals surface area contributed by atoms with Crippen LogP contribution in [0.3, 0.4) is 0 Å². The van der Waals surface area contributed by atoms with E-state index in [1.165, 1.54) is 94.6 Å². The third-order valence-corrected chi connectivity index (χ3v) is 5.13. The van der Waals surface area contributed by atoms with Crippen molar-refractivity contribution in [3.05, 3.63) is 54.1 Å². The van der Waals surface area contributed by atoms with Crippen LogP contribution in [0.4, 0.5) is 0 Å². The summed E-state index contributed by atoms with van der Waals surface area (Å²) in [5, 5.41) is 9.23. The molecule has 0 aliphatic rings. The SMILES string of the molecule is CCCCCCCC/C=C\CCCCCCCC(=CCO)c1cc[c]cc1. The number of aliphatic hydroxyl groups is 1. The maximum atomic E-state index is 9.23. The van der Waals surface area contributed by atoms with Gasteiger partial charge in [-0.2, -0.15) is 0 Å². The molecule has 0 fully saturated rings. The maximum absolute atomic E-state index is 9.23. The van der Waals surface area contributed by atoms with Gasteiger partial charge in [-0.15, -0.1) is 0 Å². The Hall–Kier alpha value is -1.34. The number of benzene rings is 1. The number of aliphatic hydroxyl groups excluding tert-OH is 1. The van der Waals surface area contributed by atoms with Gasteiger partial charge in [0.1, 0.15) is 0 Å². The van der Waals surface area contributed by atoms with Crippen molar-refractivity contribution in [1.82, 2.24) is 0 Å². The summed E-state index contributed by atoms with van der Waals surface area (Å²) in [7, 11) is 0. The largest absolute Gasteiger partial charge is 0.392 e. The monoisotopic (exact) mass is 369 g/mol. The van der Waals surface area contributed by atoms with E-state index in [0.29, 0.717) is 0 Å². The standard InChI is InChI=1S/C26H41O/c1-2-3-4-5-6-7-8-9-10-11-12-13-14-15-17-22-26(23-24-27)25-20-18-16-19-21-25/h9-10,18-21,23,27H,2-8,11-15,17,22,24H2,1H3/b10-9-,26-23?. The normalized spacial score (nSPS) is 12.1. The van der Waals surface area contributed by atoms with Crippen LogP contribution in [0.25, 0.3) is 5.57 Å². The third kappa shape index (κ3) is 13.5. The average Bonchev–Trinajstić information content (AvgIpc) is 2.70. The van der Waals surface area contributed by atoms with Crippen molar-refractivity contribution in [3.63, 3.8) is 0 Å². The first kappa shape index (κ1) is 23.7. The van der Waals surface area contributed by atoms with Gasteiger partial charge >= 0.3 is 0 Å². The molecule has 0 aromatic heterocycles. The lowest BCUT2D eigenvalue weighted by Crippen LogP contribution is -1.88. The molecule has 1 radical (unpaired) electrons. The molecule has 0 heterocycles. The zero-order valence-corrected chi connectivity index (χ0v) is 17.6. The lowest BCUT2D eigenvalue weighted by Gasteiger charge is -2.07. The van der Waals surface area contributed by atoms with Gasteiger partial charge in [0.25, 0.3) is 0 Å². The Morgan fingerprint density at radius 1 is 0.815 bits per heavy atom. The fourth-order valence-corrected chi connectivity index (χ4v) is 3.46. The molecule has 0 saturated heterocycles. The lowest BCUT2D eigenvalue weighted by molar-refractivity contribution is 0.343. The van der Waals surface area contributed by atoms with Crippen LogP contribution in [0.5, 0.6) is 0 Å². The topological polar surface area (TPSA) is 20.2 Å². The Morgan fingerprint density at radius 2 is 1.37 bits per heavy atom. The van der Waals surface area contributed by atoms with E-state index in [2.05, 4.69) is 37.3 Å². The number of rotatable bonds is 17. The fraction of sp³-hybridized carbons (Fsp3) is 0.615. The quantitative estimate of drug-likeness (QED) is 0.218. The van der Waals surface area contributed by atoms with Crippen LogP contribution in [0.1, 0.15) is 102 Å². The van der Waals surface area contributed by atoms with Gasteiger partial charge in [-0.25, -0.2) is 0 Å². The molecule has 0 atom stereocenters. The van der Waals surface area contributed by atoms with E-state index in [9.17, 15) is 5.11 Å². The van der Waals surface area contributed by atoms with Gasteiger partial charge < -0.3 is 5.11 Å². The molecule has 0 bridgehead atoms. The Kier molecular flexibility index (Phi) is 15.8. The predicted molar refractivity (Wildman–Crippen MR) is 120 cm³/mol. The van der Waals surface area contributed by atoms with Crippen LogP contribution in [0.2, 0.25) is 0 Å². The number of allylic oxidation sites excluding steroid dienone is 3. The Morgan fingerprint density at radius 3 is 1.96 bits per heavy atom. The van der Waals surface area contributed by atoms with Gasteiger partial charge in [-0.1, -0.05) is 101 Å². The van der Waals surface area contributed by atoms with E-state index in [1.54, 1.807) is 0 Å². The molecule has 0 unspecified atom stereocenters. The molecule has 1 aromatic rings. The van der Waals surface area contributed by atoms with Gasteiger partial charge in [0.15, 0.2) is 0 Å². The van der Waals surface area contributed by atoms with Gasteiger partial charge in [0.2, 0.25) is 0 Å². The summed E-state index contributed by atoms with van der Waals surface area (Å²) in [4.78, 5) is 0. The second-order valence-corrected chi connectivity index (χ2v) is 7.53. The highest BCUT2D eigenvalue weighted by atomic mass is 16.2. The zero-order chi connectivity index (χ0) is 19.4. The van der Waals surface area contributed by atoms with Crippen molar-refractivity contribution in [1.29, 1.82) is 0 Å². The van der Waals surface area contributed by atoms with Crippen molar-refractivity contribution in [2.24, 2.45) is 0 Å². The first-order valence-corrected chi connectivity index (χ1v) is 11.3. The van der Waals surface area contributed by atoms with E-state index >= 15 is 0 Å². The number of hydrogen-bond donors (Lipinski definition) is 1. The number of hydrogen-bond acceptors (Lipinski definition) is 1. The van der Waals surface area contributed by atoms with Gasteiger partial charge in [-0.05, 0) is 55.7 Å². The molecule has 1 nitrogen and oxygen atoms in total. The fourth-order valence-electron chi connectivity index (χ4n) is 3.46. The van der Waals surface area contributed by atoms with Crippen molar-refractivity contribution in [2.75, 3.05) is 6.61 Å². The molecule has 0 aliphatic heterocycles. The predicted octanol–water partition coefficient (Wildman–Crippen LogP) is 7.90. The minimum absolute atomic E-state index is 0.124. The molecule has 0 spiro atoms. The highest BCUT2D eigenvalue weighted by Crippen LogP contribution is 2.21. The lowest BCUT2D eigenvalue weighted by atomic mass is 9.98. The van der Waals surface area contributed by atoms with Crippen LogP contribution in [0, 0.1) is 6.07 Å². The summed E-state index contributed by atoms with van der Waals surface area (Å²) < 4.78 is 0. The van der Waals surface area contributed by atoms with Crippen molar-refractivity contribution in [2.45, 2.75) is 96.8 Å². The van der Waals surface area contributed by atoms with Crippen LogP contribution in [0.15, 0.2) is 42.5 Å². The minimum Gasteiger partial charge on any atom is -0.392 e. The Bertz CT molecular complexity index is 486. The van der Waals surface area contributed by atoms with E-state index in [1.807, 2.05) is 18.2 Å². The molecular weight excluding hydrogens is 328 g/mol. The molecular formula is C26H41O. The highest BCUT2D eigenvalue weighted by Gasteiger charge is 2.01. The summed E-state index contributed by atoms with van der Waals surface area (Å²) in [6, 6.07) is 11.1. The van der Waals surface area contributed by atoms with E-state index in [-0.39, 0.29) is 6.61 Å². The first-order valence-electron chi connectivity index (χ1n) is 11.3. The molecule has 151 valence electrons. The maximum Gasteiger partial charge on any atom is 0.0618 e. The van der Waals surface area contributed by atoms with Gasteiger partial charge in [0.05, 0.1) is 6.61 Å². The third-order valence-electron chi connectivity index (χ3n) is 5.13.